The highest BCUT2D eigenvalue weighted by Crippen LogP contribution is 2.57. The van der Waals surface area contributed by atoms with Gasteiger partial charge in [-0.15, -0.1) is 0 Å². The van der Waals surface area contributed by atoms with E-state index < -0.39 is 155 Å². The molecule has 0 aromatic heterocycles. The van der Waals surface area contributed by atoms with E-state index in [9.17, 15) is 74.6 Å². The summed E-state index contributed by atoms with van der Waals surface area (Å²) in [7, 11) is -5.26. The number of phenolic OH excluding ortho intramolecular Hbond substituents is 2. The number of phosphoric acid groups is 1. The molecular weight excluding hydrogens is 1250 g/mol. The highest BCUT2D eigenvalue weighted by molar-refractivity contribution is 7.80. The number of esters is 1. The molecule has 32 heteroatoms. The summed E-state index contributed by atoms with van der Waals surface area (Å²) >= 11 is 5.47. The van der Waals surface area contributed by atoms with Crippen molar-refractivity contribution in [3.8, 4) is 23.0 Å². The Morgan fingerprint density at radius 1 is 0.707 bits per heavy atom. The lowest BCUT2D eigenvalue weighted by atomic mass is 9.77. The van der Waals surface area contributed by atoms with Crippen molar-refractivity contribution in [3.63, 3.8) is 0 Å². The number of nitrogens with one attached hydrogen (secondary N) is 4. The molecule has 0 bridgehead atoms. The molecule has 0 saturated carbocycles. The Morgan fingerprint density at radius 3 is 1.92 bits per heavy atom. The van der Waals surface area contributed by atoms with Crippen LogP contribution in [0.2, 0.25) is 0 Å². The number of phenols is 2. The SMILES string of the molecule is CC(=O)NC1[C@H](OC2[C@@H](OP(=O)(O)OCCOC/C=C(/C)CC/C=C(\C)CCC=C(C)C)OC(C(N)=O)[C@H](O)[C@@H]2O)OC(CO)[C@@H](O[C@@H]2OC(CO)[C@H](O)[C@H](O)C2NC(=O)CNC(=S)Nc2ccc3c(c2)C(=O)OC32c3ccc(O)cc3Oc3cc(O)ccc32)[C@@H]1O. The number of benzene rings is 3. The average molecular weight is 1330 g/mol. The van der Waals surface area contributed by atoms with E-state index in [1.165, 1.54) is 41.5 Å². The fraction of sp³-hybridized carbons (Fsp3) is 0.517. The number of aliphatic hydroxyl groups is 7. The van der Waals surface area contributed by atoms with Crippen molar-refractivity contribution in [2.24, 2.45) is 5.73 Å². The van der Waals surface area contributed by atoms with Gasteiger partial charge in [-0.25, -0.2) is 9.36 Å². The number of hydrogen-bond acceptors (Lipinski definition) is 25. The van der Waals surface area contributed by atoms with Crippen LogP contribution < -0.4 is 31.7 Å². The van der Waals surface area contributed by atoms with Crippen molar-refractivity contribution in [2.45, 2.75) is 158 Å². The summed E-state index contributed by atoms with van der Waals surface area (Å²) in [6.45, 7) is 5.93. The summed E-state index contributed by atoms with van der Waals surface area (Å²) in [6, 6.07) is 9.65. The van der Waals surface area contributed by atoms with Crippen molar-refractivity contribution in [3.05, 3.63) is 112 Å². The van der Waals surface area contributed by atoms with E-state index in [0.717, 1.165) is 38.2 Å². The standard InChI is InChI=1S/C60H78N5O25PS/c1-28(2)8-6-9-29(3)10-7-11-30(4)18-19-81-20-21-82-91(79,80)90-58-53(50(76)49(75)52(87-58)54(61)77)88-57-45(63-31(5)68)48(74)51(42(27-67)85-57)86-56-44(47(73)46(72)41(26-66)84-56)65-43(71)25-62-59(92)64-32-12-15-36-35(22-32)55(78)89-60(36)37-16-13-33(69)23-39(37)83-40-24-34(70)14-17-38(40)60/h8,10,12-18,22-24,41-42,44-53,56-58,66-67,69-70,72-76H,6-7,9,11,19-21,25-27H2,1-5H3,(H2,61,77)(H,63,68)(H,65,71)(H,79,80)(H2,62,64,92)/b29-10+,30-18-/t41?,42?,44?,45?,46-,47+,48+,49+,50-,51+,52?,53?,56-,57-,58+/m0/s1. The molecule has 16 N–H and O–H groups in total. The van der Waals surface area contributed by atoms with Crippen molar-refractivity contribution in [1.29, 1.82) is 0 Å². The third-order valence-corrected chi connectivity index (χ3v) is 16.9. The number of ether oxygens (including phenoxy) is 8. The Bertz CT molecular complexity index is 3260. The summed E-state index contributed by atoms with van der Waals surface area (Å²) in [5, 5.41) is 108. The number of phosphoric ester groups is 1. The molecule has 30 nitrogen and oxygen atoms in total. The van der Waals surface area contributed by atoms with Crippen LogP contribution in [0.3, 0.4) is 0 Å². The maximum atomic E-state index is 13.7. The van der Waals surface area contributed by atoms with Crippen molar-refractivity contribution in [1.82, 2.24) is 16.0 Å². The first-order chi connectivity index (χ1) is 43.6. The second-order valence-electron chi connectivity index (χ2n) is 22.8. The van der Waals surface area contributed by atoms with Crippen LogP contribution in [0.15, 0.2) is 89.5 Å². The van der Waals surface area contributed by atoms with Gasteiger partial charge in [-0.3, -0.25) is 23.4 Å². The van der Waals surface area contributed by atoms with Gasteiger partial charge in [0.05, 0.1) is 45.1 Å². The van der Waals surface area contributed by atoms with Gasteiger partial charge in [0, 0.05) is 41.4 Å². The normalized spacial score (nSPS) is 28.9. The number of nitrogens with two attached hydrogens (primary N) is 1. The number of amides is 3. The van der Waals surface area contributed by atoms with E-state index in [1.807, 2.05) is 13.0 Å². The number of aliphatic hydroxyl groups excluding tert-OH is 7. The molecule has 5 aliphatic rings. The maximum Gasteiger partial charge on any atom is 0.474 e. The molecule has 3 amide bonds. The summed E-state index contributed by atoms with van der Waals surface area (Å²) < 4.78 is 70.7. The minimum atomic E-state index is -5.26. The first-order valence-corrected chi connectivity index (χ1v) is 31.3. The number of allylic oxidation sites excluding steroid dienone is 5. The van der Waals surface area contributed by atoms with E-state index in [0.29, 0.717) is 16.7 Å². The quantitative estimate of drug-likeness (QED) is 0.0173. The predicted molar refractivity (Wildman–Crippen MR) is 324 cm³/mol. The van der Waals surface area contributed by atoms with Gasteiger partial charge in [0.25, 0.3) is 0 Å². The maximum absolute atomic E-state index is 13.7. The van der Waals surface area contributed by atoms with E-state index >= 15 is 0 Å². The van der Waals surface area contributed by atoms with Gasteiger partial charge >= 0.3 is 13.8 Å². The summed E-state index contributed by atoms with van der Waals surface area (Å²) in [4.78, 5) is 63.4. The second-order valence-corrected chi connectivity index (χ2v) is 24.6. The van der Waals surface area contributed by atoms with Crippen LogP contribution in [0.25, 0.3) is 0 Å². The molecule has 5 heterocycles. The number of carbonyl (C=O) groups is 4. The van der Waals surface area contributed by atoms with Crippen LogP contribution in [0.5, 0.6) is 23.0 Å². The number of carbonyl (C=O) groups excluding carboxylic acids is 4. The molecule has 3 aromatic rings. The monoisotopic (exact) mass is 1330 g/mol. The number of fused-ring (bicyclic) bond motifs is 6. The molecular formula is C60H78N5O25PS. The summed E-state index contributed by atoms with van der Waals surface area (Å²) in [5.74, 6) is -3.78. The van der Waals surface area contributed by atoms with E-state index in [1.54, 1.807) is 24.3 Å². The fourth-order valence-electron chi connectivity index (χ4n) is 11.1. The Morgan fingerprint density at radius 2 is 1.30 bits per heavy atom. The molecule has 3 saturated heterocycles. The van der Waals surface area contributed by atoms with E-state index in [-0.39, 0.29) is 52.6 Å². The third-order valence-electron chi connectivity index (χ3n) is 15.7. The van der Waals surface area contributed by atoms with Crippen LogP contribution in [0.4, 0.5) is 5.69 Å². The van der Waals surface area contributed by atoms with Gasteiger partial charge in [-0.2, -0.15) is 0 Å². The van der Waals surface area contributed by atoms with Crippen molar-refractivity contribution in [2.75, 3.05) is 44.9 Å². The number of aromatic hydroxyl groups is 2. The highest BCUT2D eigenvalue weighted by atomic mass is 32.1. The largest absolute Gasteiger partial charge is 0.508 e. The summed E-state index contributed by atoms with van der Waals surface area (Å²) in [6.07, 6.45) is -16.3. The Labute approximate surface area is 533 Å². The number of thiocarbonyl (C=S) groups is 1. The number of hydrogen-bond donors (Lipinski definition) is 15. The molecule has 0 radical (unpaired) electrons. The molecule has 5 aliphatic heterocycles. The molecule has 1 spiro atoms. The number of anilines is 1. The number of rotatable bonds is 26. The van der Waals surface area contributed by atoms with Crippen molar-refractivity contribution >= 4 is 54.5 Å². The first-order valence-electron chi connectivity index (χ1n) is 29.4. The first kappa shape index (κ1) is 71.3. The lowest BCUT2D eigenvalue weighted by molar-refractivity contribution is -0.358. The van der Waals surface area contributed by atoms with Crippen LogP contribution in [0.1, 0.15) is 87.4 Å². The average Bonchev–Trinajstić information content (AvgIpc) is 1.47. The molecule has 92 heavy (non-hydrogen) atoms. The molecule has 3 aromatic carbocycles. The Balaban J connectivity index is 0.904. The zero-order valence-electron chi connectivity index (χ0n) is 50.7. The minimum Gasteiger partial charge on any atom is -0.508 e. The molecule has 7 unspecified atom stereocenters. The topological polar surface area (TPSA) is 454 Å². The van der Waals surface area contributed by atoms with Crippen LogP contribution in [-0.4, -0.2) is 211 Å². The molecule has 3 fully saturated rings. The molecule has 16 atom stereocenters. The van der Waals surface area contributed by atoms with Gasteiger partial charge in [0.2, 0.25) is 17.7 Å². The van der Waals surface area contributed by atoms with E-state index in [2.05, 4.69) is 54.2 Å². The molecule has 504 valence electrons. The van der Waals surface area contributed by atoms with Gasteiger partial charge in [0.15, 0.2) is 35.7 Å². The zero-order valence-corrected chi connectivity index (χ0v) is 52.4. The predicted octanol–water partition coefficient (Wildman–Crippen LogP) is 0.731. The van der Waals surface area contributed by atoms with Crippen LogP contribution in [-0.2, 0) is 66.8 Å². The second kappa shape index (κ2) is 31.1. The molecule has 0 aliphatic carbocycles. The molecule has 8 rings (SSSR count). The zero-order chi connectivity index (χ0) is 66.9. The lowest BCUT2D eigenvalue weighted by Gasteiger charge is -2.49. The summed E-state index contributed by atoms with van der Waals surface area (Å²) in [5.41, 5.74) is 9.00. The fourth-order valence-corrected chi connectivity index (χ4v) is 12.0. The van der Waals surface area contributed by atoms with E-state index in [4.69, 9.17) is 64.9 Å². The lowest BCUT2D eigenvalue weighted by Crippen LogP contribution is -2.70. The van der Waals surface area contributed by atoms with Gasteiger partial charge in [0.1, 0.15) is 90.0 Å². The Kier molecular flexibility index (Phi) is 24.1. The van der Waals surface area contributed by atoms with Gasteiger partial charge in [-0.1, -0.05) is 41.0 Å². The van der Waals surface area contributed by atoms with Crippen molar-refractivity contribution < 1.29 is 122 Å². The minimum absolute atomic E-state index is 0.108. The Hall–Kier alpha value is -6.56. The van der Waals surface area contributed by atoms with Gasteiger partial charge in [-0.05, 0) is 102 Å². The number of primary amides is 1. The van der Waals surface area contributed by atoms with Crippen LogP contribution >= 0.6 is 20.0 Å². The smallest absolute Gasteiger partial charge is 0.474 e. The highest BCUT2D eigenvalue weighted by Gasteiger charge is 2.57. The van der Waals surface area contributed by atoms with Gasteiger partial charge < -0.3 is 116 Å². The third kappa shape index (κ3) is 16.9. The van der Waals surface area contributed by atoms with Crippen LogP contribution in [0, 0.1) is 0 Å².